The third-order valence-corrected chi connectivity index (χ3v) is 2.77. The maximum absolute atomic E-state index is 10.6. The second-order valence-electron chi connectivity index (χ2n) is 4.06. The molecular weight excluding hydrogens is 252 g/mol. The molecule has 0 unspecified atom stereocenters. The van der Waals surface area contributed by atoms with Gasteiger partial charge in [0.1, 0.15) is 19.5 Å². The lowest BCUT2D eigenvalue weighted by molar-refractivity contribution is -0.551. The Morgan fingerprint density at radius 2 is 1.84 bits per heavy atom. The van der Waals surface area contributed by atoms with Gasteiger partial charge in [0.2, 0.25) is 0 Å². The number of methoxy groups -OCH3 is 1. The standard InChI is InChI=1S/C13H16O6/c1-15-13(18-16-8-9-17-19-13)7-6-11-2-4-12(10-14)5-3-11/h2-5,10H,6-9H2,1H3. The second kappa shape index (κ2) is 6.74. The fourth-order valence-corrected chi connectivity index (χ4v) is 1.66. The minimum Gasteiger partial charge on any atom is -0.327 e. The van der Waals surface area contributed by atoms with Gasteiger partial charge in [0.05, 0.1) is 0 Å². The third-order valence-electron chi connectivity index (χ3n) is 2.77. The Balaban J connectivity index is 1.95. The Morgan fingerprint density at radius 1 is 1.21 bits per heavy atom. The Hall–Kier alpha value is -1.31. The van der Waals surface area contributed by atoms with E-state index in [4.69, 9.17) is 24.3 Å². The predicted molar refractivity (Wildman–Crippen MR) is 64.0 cm³/mol. The summed E-state index contributed by atoms with van der Waals surface area (Å²) >= 11 is 0. The van der Waals surface area contributed by atoms with Crippen molar-refractivity contribution in [3.63, 3.8) is 0 Å². The first kappa shape index (κ1) is 14.1. The highest BCUT2D eigenvalue weighted by atomic mass is 17.4. The molecule has 6 heteroatoms. The van der Waals surface area contributed by atoms with E-state index in [1.165, 1.54) is 7.11 Å². The summed E-state index contributed by atoms with van der Waals surface area (Å²) in [7, 11) is 1.45. The highest BCUT2D eigenvalue weighted by Crippen LogP contribution is 2.24. The molecule has 1 aromatic carbocycles. The normalized spacial score (nSPS) is 18.8. The van der Waals surface area contributed by atoms with Crippen molar-refractivity contribution in [3.8, 4) is 0 Å². The first-order valence-electron chi connectivity index (χ1n) is 5.98. The van der Waals surface area contributed by atoms with Gasteiger partial charge in [-0.2, -0.15) is 9.78 Å². The van der Waals surface area contributed by atoms with Crippen molar-refractivity contribution in [1.29, 1.82) is 0 Å². The number of rotatable bonds is 5. The maximum atomic E-state index is 10.6. The highest BCUT2D eigenvalue weighted by Gasteiger charge is 2.37. The summed E-state index contributed by atoms with van der Waals surface area (Å²) in [4.78, 5) is 30.5. The number of carbonyl (C=O) groups is 1. The third kappa shape index (κ3) is 3.82. The van der Waals surface area contributed by atoms with Gasteiger partial charge in [-0.25, -0.2) is 9.78 Å². The Kier molecular flexibility index (Phi) is 5.00. The van der Waals surface area contributed by atoms with Crippen LogP contribution in [0.15, 0.2) is 24.3 Å². The number of benzene rings is 1. The molecular formula is C13H16O6. The molecule has 0 aliphatic carbocycles. The molecule has 0 radical (unpaired) electrons. The van der Waals surface area contributed by atoms with E-state index in [1.54, 1.807) is 12.1 Å². The fraction of sp³-hybridized carbons (Fsp3) is 0.462. The molecule has 1 heterocycles. The summed E-state index contributed by atoms with van der Waals surface area (Å²) in [5.74, 6) is -1.36. The van der Waals surface area contributed by atoms with Gasteiger partial charge in [-0.1, -0.05) is 24.3 Å². The quantitative estimate of drug-likeness (QED) is 0.597. The first-order chi connectivity index (χ1) is 9.28. The topological polar surface area (TPSA) is 63.2 Å². The molecule has 1 aliphatic heterocycles. The molecule has 104 valence electrons. The Morgan fingerprint density at radius 3 is 2.37 bits per heavy atom. The number of aryl methyl sites for hydroxylation is 1. The number of hydrogen-bond acceptors (Lipinski definition) is 6. The largest absolute Gasteiger partial charge is 0.339 e. The molecule has 2 rings (SSSR count). The van der Waals surface area contributed by atoms with Crippen LogP contribution >= 0.6 is 0 Å². The number of hydrogen-bond donors (Lipinski definition) is 0. The van der Waals surface area contributed by atoms with E-state index in [0.29, 0.717) is 18.4 Å². The van der Waals surface area contributed by atoms with Crippen molar-refractivity contribution in [2.24, 2.45) is 0 Å². The molecule has 0 amide bonds. The van der Waals surface area contributed by atoms with Gasteiger partial charge in [-0.15, -0.1) is 0 Å². The van der Waals surface area contributed by atoms with Gasteiger partial charge in [0.25, 0.3) is 0 Å². The zero-order valence-electron chi connectivity index (χ0n) is 10.7. The van der Waals surface area contributed by atoms with Gasteiger partial charge in [0, 0.05) is 19.1 Å². The lowest BCUT2D eigenvalue weighted by Crippen LogP contribution is -2.37. The van der Waals surface area contributed by atoms with Crippen molar-refractivity contribution < 1.29 is 29.1 Å². The van der Waals surface area contributed by atoms with Crippen molar-refractivity contribution in [1.82, 2.24) is 0 Å². The molecule has 1 fully saturated rings. The van der Waals surface area contributed by atoms with E-state index in [9.17, 15) is 4.79 Å². The molecule has 0 atom stereocenters. The monoisotopic (exact) mass is 268 g/mol. The van der Waals surface area contributed by atoms with Crippen LogP contribution in [0.3, 0.4) is 0 Å². The average molecular weight is 268 g/mol. The van der Waals surface area contributed by atoms with Gasteiger partial charge in [0.15, 0.2) is 0 Å². The number of ether oxygens (including phenoxy) is 1. The van der Waals surface area contributed by atoms with E-state index < -0.39 is 5.97 Å². The molecule has 19 heavy (non-hydrogen) atoms. The Labute approximate surface area is 111 Å². The van der Waals surface area contributed by atoms with E-state index in [1.807, 2.05) is 12.1 Å². The highest BCUT2D eigenvalue weighted by molar-refractivity contribution is 5.74. The van der Waals surface area contributed by atoms with Crippen molar-refractivity contribution in [3.05, 3.63) is 35.4 Å². The Bertz CT molecular complexity index is 394. The summed E-state index contributed by atoms with van der Waals surface area (Å²) in [5, 5.41) is 0. The second-order valence-corrected chi connectivity index (χ2v) is 4.06. The number of carbonyl (C=O) groups excluding carboxylic acids is 1. The van der Waals surface area contributed by atoms with Crippen LogP contribution in [0, 0.1) is 0 Å². The van der Waals surface area contributed by atoms with Crippen LogP contribution in [0.5, 0.6) is 0 Å². The van der Waals surface area contributed by atoms with Crippen LogP contribution in [-0.2, 0) is 30.7 Å². The van der Waals surface area contributed by atoms with Crippen LogP contribution < -0.4 is 0 Å². The summed E-state index contributed by atoms with van der Waals surface area (Å²) < 4.78 is 5.17. The summed E-state index contributed by atoms with van der Waals surface area (Å²) in [6, 6.07) is 7.24. The van der Waals surface area contributed by atoms with Gasteiger partial charge >= 0.3 is 5.97 Å². The van der Waals surface area contributed by atoms with E-state index >= 15 is 0 Å². The first-order valence-corrected chi connectivity index (χ1v) is 5.98. The molecule has 6 nitrogen and oxygen atoms in total. The summed E-state index contributed by atoms with van der Waals surface area (Å²) in [6.07, 6.45) is 1.82. The molecule has 0 aromatic heterocycles. The molecule has 0 spiro atoms. The van der Waals surface area contributed by atoms with Crippen LogP contribution in [0.2, 0.25) is 0 Å². The number of aldehydes is 1. The smallest absolute Gasteiger partial charge is 0.327 e. The predicted octanol–water partition coefficient (Wildman–Crippen LogP) is 1.64. The van der Waals surface area contributed by atoms with E-state index in [0.717, 1.165) is 11.8 Å². The minimum atomic E-state index is -1.36. The molecule has 0 N–H and O–H groups in total. The van der Waals surface area contributed by atoms with Gasteiger partial charge < -0.3 is 4.74 Å². The molecule has 0 bridgehead atoms. The van der Waals surface area contributed by atoms with Crippen molar-refractivity contribution >= 4 is 6.29 Å². The summed E-state index contributed by atoms with van der Waals surface area (Å²) in [6.45, 7) is 0.554. The zero-order valence-corrected chi connectivity index (χ0v) is 10.7. The van der Waals surface area contributed by atoms with E-state index in [-0.39, 0.29) is 13.2 Å². The zero-order chi connectivity index (χ0) is 13.6. The van der Waals surface area contributed by atoms with Crippen molar-refractivity contribution in [2.45, 2.75) is 18.8 Å². The lowest BCUT2D eigenvalue weighted by atomic mass is 10.1. The van der Waals surface area contributed by atoms with Crippen molar-refractivity contribution in [2.75, 3.05) is 20.3 Å². The molecule has 1 aliphatic rings. The SMILES string of the molecule is COC1(CCc2ccc(C=O)cc2)OOCCOO1. The fourth-order valence-electron chi connectivity index (χ4n) is 1.66. The molecule has 1 aromatic rings. The average Bonchev–Trinajstić information content (AvgIpc) is 2.72. The van der Waals surface area contributed by atoms with E-state index in [2.05, 4.69) is 0 Å². The van der Waals surface area contributed by atoms with Crippen LogP contribution in [0.4, 0.5) is 0 Å². The van der Waals surface area contributed by atoms with Crippen LogP contribution in [-0.4, -0.2) is 32.6 Å². The maximum Gasteiger partial charge on any atom is 0.339 e. The van der Waals surface area contributed by atoms with Crippen LogP contribution in [0.1, 0.15) is 22.3 Å². The van der Waals surface area contributed by atoms with Gasteiger partial charge in [-0.3, -0.25) is 4.79 Å². The molecule has 1 saturated heterocycles. The van der Waals surface area contributed by atoms with Gasteiger partial charge in [-0.05, 0) is 12.0 Å². The van der Waals surface area contributed by atoms with Crippen LogP contribution in [0.25, 0.3) is 0 Å². The lowest BCUT2D eigenvalue weighted by Gasteiger charge is -2.26. The minimum absolute atomic E-state index is 0.277. The summed E-state index contributed by atoms with van der Waals surface area (Å²) in [5.41, 5.74) is 1.66. The molecule has 0 saturated carbocycles.